The Hall–Kier alpha value is -2.33. The molecule has 26 heavy (non-hydrogen) atoms. The van der Waals surface area contributed by atoms with Gasteiger partial charge in [-0.25, -0.2) is 4.98 Å². The van der Waals surface area contributed by atoms with Gasteiger partial charge in [0.1, 0.15) is 11.5 Å². The average molecular weight is 363 g/mol. The molecule has 132 valence electrons. The summed E-state index contributed by atoms with van der Waals surface area (Å²) in [6.45, 7) is 2.04. The molecule has 0 aliphatic heterocycles. The molecule has 0 radical (unpaired) electrons. The van der Waals surface area contributed by atoms with Crippen LogP contribution in [0.1, 0.15) is 19.8 Å². The maximum absolute atomic E-state index is 12.3. The lowest BCUT2D eigenvalue weighted by Crippen LogP contribution is -2.15. The van der Waals surface area contributed by atoms with E-state index in [1.54, 1.807) is 0 Å². The van der Waals surface area contributed by atoms with Crippen LogP contribution in [0.4, 0.5) is 0 Å². The zero-order chi connectivity index (χ0) is 17.9. The van der Waals surface area contributed by atoms with Gasteiger partial charge in [-0.2, -0.15) is 0 Å². The number of Topliss-reactive ketones (excluding diaryl/α,β-unsaturated/α-hetero) is 1. The highest BCUT2D eigenvalue weighted by molar-refractivity contribution is 7.99. The van der Waals surface area contributed by atoms with Crippen LogP contribution < -0.4 is 0 Å². The van der Waals surface area contributed by atoms with Gasteiger partial charge in [0.25, 0.3) is 5.22 Å². The van der Waals surface area contributed by atoms with Crippen molar-refractivity contribution in [3.05, 3.63) is 60.7 Å². The van der Waals surface area contributed by atoms with Crippen molar-refractivity contribution in [1.29, 1.82) is 0 Å². The Kier molecular flexibility index (Phi) is 4.93. The van der Waals surface area contributed by atoms with Crippen LogP contribution in [0.2, 0.25) is 0 Å². The molecule has 0 bridgehead atoms. The average Bonchev–Trinajstić information content (AvgIpc) is 3.46. The van der Waals surface area contributed by atoms with Gasteiger partial charge >= 0.3 is 0 Å². The van der Waals surface area contributed by atoms with Crippen LogP contribution >= 0.6 is 11.8 Å². The number of aromatic nitrogens is 1. The number of hydrogen-bond acceptors (Lipinski definition) is 4. The molecule has 1 aromatic heterocycles. The second-order valence-electron chi connectivity index (χ2n) is 6.77. The van der Waals surface area contributed by atoms with Gasteiger partial charge in [-0.3, -0.25) is 4.79 Å². The SMILES string of the molecule is CC(C(=O)CSc1nc(-c2ccccc2)c(-c2ccccc2)o1)C1CC1. The van der Waals surface area contributed by atoms with Gasteiger partial charge in [0, 0.05) is 17.0 Å². The summed E-state index contributed by atoms with van der Waals surface area (Å²) in [4.78, 5) is 17.0. The Bertz CT molecular complexity index is 828. The van der Waals surface area contributed by atoms with E-state index in [0.717, 1.165) is 22.6 Å². The highest BCUT2D eigenvalue weighted by Crippen LogP contribution is 2.39. The second kappa shape index (κ2) is 7.50. The van der Waals surface area contributed by atoms with Crippen molar-refractivity contribution in [3.8, 4) is 22.6 Å². The first-order valence-electron chi connectivity index (χ1n) is 8.99. The zero-order valence-electron chi connectivity index (χ0n) is 14.7. The van der Waals surface area contributed by atoms with Crippen LogP contribution in [0.3, 0.4) is 0 Å². The molecule has 0 amide bonds. The molecule has 1 heterocycles. The van der Waals surface area contributed by atoms with Crippen LogP contribution in [-0.2, 0) is 4.79 Å². The number of oxazole rings is 1. The molecule has 0 N–H and O–H groups in total. The van der Waals surface area contributed by atoms with Gasteiger partial charge in [0.15, 0.2) is 5.76 Å². The lowest BCUT2D eigenvalue weighted by atomic mass is 10.0. The van der Waals surface area contributed by atoms with Crippen molar-refractivity contribution in [3.63, 3.8) is 0 Å². The number of thioether (sulfide) groups is 1. The fourth-order valence-electron chi connectivity index (χ4n) is 3.06. The summed E-state index contributed by atoms with van der Waals surface area (Å²) in [5.74, 6) is 2.20. The summed E-state index contributed by atoms with van der Waals surface area (Å²) < 4.78 is 6.06. The number of ketones is 1. The number of rotatable bonds is 7. The Balaban J connectivity index is 1.60. The third kappa shape index (κ3) is 3.75. The molecular weight excluding hydrogens is 342 g/mol. The van der Waals surface area contributed by atoms with Crippen molar-refractivity contribution >= 4 is 17.5 Å². The first-order chi connectivity index (χ1) is 12.7. The van der Waals surface area contributed by atoms with Gasteiger partial charge in [0.2, 0.25) is 0 Å². The number of benzene rings is 2. The molecule has 1 fully saturated rings. The van der Waals surface area contributed by atoms with Crippen molar-refractivity contribution in [2.45, 2.75) is 25.0 Å². The predicted octanol–water partition coefficient (Wildman–Crippen LogP) is 5.72. The summed E-state index contributed by atoms with van der Waals surface area (Å²) in [6.07, 6.45) is 2.37. The van der Waals surface area contributed by atoms with E-state index in [1.165, 1.54) is 24.6 Å². The quantitative estimate of drug-likeness (QED) is 0.504. The molecule has 1 aliphatic rings. The van der Waals surface area contributed by atoms with Crippen molar-refractivity contribution in [2.24, 2.45) is 11.8 Å². The number of carbonyl (C=O) groups excluding carboxylic acids is 1. The van der Waals surface area contributed by atoms with E-state index in [-0.39, 0.29) is 5.92 Å². The Morgan fingerprint density at radius 3 is 2.31 bits per heavy atom. The molecule has 0 saturated heterocycles. The molecule has 3 aromatic rings. The topological polar surface area (TPSA) is 43.1 Å². The van der Waals surface area contributed by atoms with Gasteiger partial charge in [-0.1, -0.05) is 79.3 Å². The fraction of sp³-hybridized carbons (Fsp3) is 0.273. The molecule has 1 saturated carbocycles. The van der Waals surface area contributed by atoms with E-state index < -0.39 is 0 Å². The maximum atomic E-state index is 12.3. The molecule has 1 unspecified atom stereocenters. The zero-order valence-corrected chi connectivity index (χ0v) is 15.5. The van der Waals surface area contributed by atoms with Gasteiger partial charge in [-0.15, -0.1) is 0 Å². The second-order valence-corrected chi connectivity index (χ2v) is 7.70. The highest BCUT2D eigenvalue weighted by atomic mass is 32.2. The van der Waals surface area contributed by atoms with Gasteiger partial charge < -0.3 is 4.42 Å². The summed E-state index contributed by atoms with van der Waals surface area (Å²) in [6, 6.07) is 20.0. The minimum atomic E-state index is 0.152. The van der Waals surface area contributed by atoms with Crippen LogP contribution in [0, 0.1) is 11.8 Å². The van der Waals surface area contributed by atoms with E-state index >= 15 is 0 Å². The Morgan fingerprint density at radius 2 is 1.69 bits per heavy atom. The minimum Gasteiger partial charge on any atom is -0.431 e. The van der Waals surface area contributed by atoms with Gasteiger partial charge in [-0.05, 0) is 18.8 Å². The van der Waals surface area contributed by atoms with E-state index in [4.69, 9.17) is 9.40 Å². The largest absolute Gasteiger partial charge is 0.431 e. The number of carbonyl (C=O) groups is 1. The van der Waals surface area contributed by atoms with Crippen molar-refractivity contribution in [2.75, 3.05) is 5.75 Å². The smallest absolute Gasteiger partial charge is 0.257 e. The number of nitrogens with zero attached hydrogens (tertiary/aromatic N) is 1. The van der Waals surface area contributed by atoms with Crippen LogP contribution in [-0.4, -0.2) is 16.5 Å². The van der Waals surface area contributed by atoms with Crippen LogP contribution in [0.25, 0.3) is 22.6 Å². The van der Waals surface area contributed by atoms with Crippen LogP contribution in [0.5, 0.6) is 0 Å². The fourth-order valence-corrected chi connectivity index (χ4v) is 3.89. The summed E-state index contributed by atoms with van der Waals surface area (Å²) in [7, 11) is 0. The van der Waals surface area contributed by atoms with Crippen molar-refractivity contribution in [1.82, 2.24) is 4.98 Å². The Labute approximate surface area is 157 Å². The number of hydrogen-bond donors (Lipinski definition) is 0. The highest BCUT2D eigenvalue weighted by Gasteiger charge is 2.32. The third-order valence-electron chi connectivity index (χ3n) is 4.87. The molecule has 1 atom stereocenters. The van der Waals surface area contributed by atoms with Crippen LogP contribution in [0.15, 0.2) is 70.3 Å². The monoisotopic (exact) mass is 363 g/mol. The van der Waals surface area contributed by atoms with E-state index in [1.807, 2.05) is 67.6 Å². The Morgan fingerprint density at radius 1 is 1.08 bits per heavy atom. The van der Waals surface area contributed by atoms with E-state index in [9.17, 15) is 4.79 Å². The first-order valence-corrected chi connectivity index (χ1v) is 9.98. The predicted molar refractivity (Wildman–Crippen MR) is 105 cm³/mol. The standard InChI is InChI=1S/C22H21NO2S/c1-15(16-12-13-16)19(24)14-26-22-23-20(17-8-4-2-5-9-17)21(25-22)18-10-6-3-7-11-18/h2-11,15-16H,12-14H2,1H3. The maximum Gasteiger partial charge on any atom is 0.257 e. The first kappa shape index (κ1) is 17.1. The summed E-state index contributed by atoms with van der Waals surface area (Å²) in [5, 5.41) is 0.555. The molecule has 1 aliphatic carbocycles. The molecular formula is C22H21NO2S. The summed E-state index contributed by atoms with van der Waals surface area (Å²) in [5.41, 5.74) is 2.82. The molecule has 4 heteroatoms. The molecule has 4 rings (SSSR count). The van der Waals surface area contributed by atoms with Crippen molar-refractivity contribution < 1.29 is 9.21 Å². The lowest BCUT2D eigenvalue weighted by molar-refractivity contribution is -0.120. The van der Waals surface area contributed by atoms with E-state index in [2.05, 4.69) is 0 Å². The molecule has 3 nitrogen and oxygen atoms in total. The third-order valence-corrected chi connectivity index (χ3v) is 5.72. The normalized spacial score (nSPS) is 15.0. The minimum absolute atomic E-state index is 0.152. The summed E-state index contributed by atoms with van der Waals surface area (Å²) >= 11 is 1.40. The van der Waals surface area contributed by atoms with E-state index in [0.29, 0.717) is 22.7 Å². The lowest BCUT2D eigenvalue weighted by Gasteiger charge is -2.06. The van der Waals surface area contributed by atoms with Gasteiger partial charge in [0.05, 0.1) is 5.75 Å². The molecule has 2 aromatic carbocycles. The molecule has 0 spiro atoms.